The van der Waals surface area contributed by atoms with Gasteiger partial charge in [-0.05, 0) is 30.2 Å². The SMILES string of the molecule is CCc1ccc(S(=O)(=O)N/N=C/c2cc3c(cc2[N+](=O)[O-])OCO3)cc1. The maximum Gasteiger partial charge on any atom is 0.282 e. The van der Waals surface area contributed by atoms with E-state index in [1.165, 1.54) is 24.3 Å². The average molecular weight is 377 g/mol. The van der Waals surface area contributed by atoms with Crippen LogP contribution in [0.25, 0.3) is 0 Å². The molecule has 0 spiro atoms. The number of benzene rings is 2. The summed E-state index contributed by atoms with van der Waals surface area (Å²) in [5.41, 5.74) is 0.816. The van der Waals surface area contributed by atoms with E-state index in [1.807, 2.05) is 11.8 Å². The molecule has 0 unspecified atom stereocenters. The van der Waals surface area contributed by atoms with Gasteiger partial charge in [0.1, 0.15) is 0 Å². The highest BCUT2D eigenvalue weighted by Gasteiger charge is 2.22. The second-order valence-corrected chi connectivity index (χ2v) is 7.03. The number of hydrogen-bond acceptors (Lipinski definition) is 7. The number of nitro benzene ring substituents is 1. The third-order valence-electron chi connectivity index (χ3n) is 3.74. The first kappa shape index (κ1) is 17.7. The molecule has 10 heteroatoms. The number of fused-ring (bicyclic) bond motifs is 1. The number of ether oxygens (including phenoxy) is 2. The van der Waals surface area contributed by atoms with Gasteiger partial charge in [0.2, 0.25) is 6.79 Å². The molecule has 26 heavy (non-hydrogen) atoms. The van der Waals surface area contributed by atoms with Gasteiger partial charge in [-0.3, -0.25) is 10.1 Å². The fourth-order valence-electron chi connectivity index (χ4n) is 2.33. The molecule has 0 fully saturated rings. The largest absolute Gasteiger partial charge is 0.454 e. The number of aryl methyl sites for hydroxylation is 1. The molecule has 0 radical (unpaired) electrons. The van der Waals surface area contributed by atoms with E-state index in [4.69, 9.17) is 9.47 Å². The number of hydrazone groups is 1. The summed E-state index contributed by atoms with van der Waals surface area (Å²) >= 11 is 0. The van der Waals surface area contributed by atoms with E-state index in [9.17, 15) is 18.5 Å². The van der Waals surface area contributed by atoms with Crippen molar-refractivity contribution in [3.05, 3.63) is 57.6 Å². The van der Waals surface area contributed by atoms with Gasteiger partial charge in [0.25, 0.3) is 15.7 Å². The second kappa shape index (κ2) is 7.00. The first-order valence-electron chi connectivity index (χ1n) is 7.62. The Kier molecular flexibility index (Phi) is 4.76. The van der Waals surface area contributed by atoms with Crippen LogP contribution < -0.4 is 14.3 Å². The fraction of sp³-hybridized carbons (Fsp3) is 0.188. The van der Waals surface area contributed by atoms with E-state index in [0.29, 0.717) is 5.75 Å². The Labute approximate surface area is 149 Å². The summed E-state index contributed by atoms with van der Waals surface area (Å²) in [6.07, 6.45) is 1.84. The molecule has 3 rings (SSSR count). The Balaban J connectivity index is 1.82. The number of nitrogens with one attached hydrogen (secondary N) is 1. The van der Waals surface area contributed by atoms with Crippen LogP contribution in [-0.4, -0.2) is 26.3 Å². The number of nitrogens with zero attached hydrogens (tertiary/aromatic N) is 2. The molecule has 0 amide bonds. The van der Waals surface area contributed by atoms with Gasteiger partial charge in [0.05, 0.1) is 27.7 Å². The van der Waals surface area contributed by atoms with Gasteiger partial charge < -0.3 is 9.47 Å². The van der Waals surface area contributed by atoms with Gasteiger partial charge in [-0.15, -0.1) is 0 Å². The van der Waals surface area contributed by atoms with Gasteiger partial charge in [-0.25, -0.2) is 4.83 Å². The second-order valence-electron chi connectivity index (χ2n) is 5.37. The molecule has 0 aromatic heterocycles. The summed E-state index contributed by atoms with van der Waals surface area (Å²) in [6.45, 7) is 1.93. The molecule has 2 aromatic rings. The van der Waals surface area contributed by atoms with Crippen molar-refractivity contribution in [1.82, 2.24) is 4.83 Å². The maximum absolute atomic E-state index is 12.2. The van der Waals surface area contributed by atoms with Crippen molar-refractivity contribution in [2.45, 2.75) is 18.2 Å². The van der Waals surface area contributed by atoms with Crippen LogP contribution in [0, 0.1) is 10.1 Å². The number of sulfonamides is 1. The van der Waals surface area contributed by atoms with Crippen LogP contribution in [-0.2, 0) is 16.4 Å². The zero-order chi connectivity index (χ0) is 18.7. The molecular weight excluding hydrogens is 362 g/mol. The Morgan fingerprint density at radius 2 is 1.88 bits per heavy atom. The first-order valence-corrected chi connectivity index (χ1v) is 9.11. The molecule has 0 saturated heterocycles. The van der Waals surface area contributed by atoms with Crippen LogP contribution in [0.5, 0.6) is 11.5 Å². The van der Waals surface area contributed by atoms with E-state index < -0.39 is 14.9 Å². The third kappa shape index (κ3) is 3.59. The maximum atomic E-state index is 12.2. The topological polar surface area (TPSA) is 120 Å². The van der Waals surface area contributed by atoms with Crippen LogP contribution >= 0.6 is 0 Å². The Morgan fingerprint density at radius 3 is 2.50 bits per heavy atom. The summed E-state index contributed by atoms with van der Waals surface area (Å²) in [5, 5.41) is 14.8. The normalized spacial score (nSPS) is 13.1. The molecule has 2 aromatic carbocycles. The summed E-state index contributed by atoms with van der Waals surface area (Å²) in [6, 6.07) is 8.94. The van der Waals surface area contributed by atoms with Crippen LogP contribution in [0.2, 0.25) is 0 Å². The molecule has 1 N–H and O–H groups in total. The number of nitro groups is 1. The molecule has 0 atom stereocenters. The molecular formula is C16H15N3O6S. The average Bonchev–Trinajstić information content (AvgIpc) is 3.08. The Morgan fingerprint density at radius 1 is 1.23 bits per heavy atom. The standard InChI is InChI=1S/C16H15N3O6S/c1-2-11-3-5-13(6-4-11)26(22,23)18-17-9-12-7-15-16(25-10-24-15)8-14(12)19(20)21/h3-9,18H,2,10H2,1H3/b17-9+. The predicted octanol–water partition coefficient (Wildman–Crippen LogP) is 2.20. The molecule has 1 aliphatic heterocycles. The molecule has 9 nitrogen and oxygen atoms in total. The van der Waals surface area contributed by atoms with Crippen molar-refractivity contribution in [3.63, 3.8) is 0 Å². The zero-order valence-electron chi connectivity index (χ0n) is 13.7. The van der Waals surface area contributed by atoms with Crippen molar-refractivity contribution in [2.24, 2.45) is 5.10 Å². The van der Waals surface area contributed by atoms with Crippen LogP contribution in [0.4, 0.5) is 5.69 Å². The minimum absolute atomic E-state index is 0.0343. The van der Waals surface area contributed by atoms with Crippen molar-refractivity contribution in [1.29, 1.82) is 0 Å². The minimum Gasteiger partial charge on any atom is -0.454 e. The van der Waals surface area contributed by atoms with Gasteiger partial charge in [0, 0.05) is 0 Å². The van der Waals surface area contributed by atoms with E-state index in [-0.39, 0.29) is 28.7 Å². The van der Waals surface area contributed by atoms with Gasteiger partial charge in [-0.2, -0.15) is 13.5 Å². The predicted molar refractivity (Wildman–Crippen MR) is 93.0 cm³/mol. The molecule has 136 valence electrons. The van der Waals surface area contributed by atoms with Crippen molar-refractivity contribution < 1.29 is 22.8 Å². The Hall–Kier alpha value is -3.14. The lowest BCUT2D eigenvalue weighted by molar-refractivity contribution is -0.385. The smallest absolute Gasteiger partial charge is 0.282 e. The monoisotopic (exact) mass is 377 g/mol. The highest BCUT2D eigenvalue weighted by molar-refractivity contribution is 7.89. The molecule has 0 saturated carbocycles. The lowest BCUT2D eigenvalue weighted by Crippen LogP contribution is -2.18. The van der Waals surface area contributed by atoms with Gasteiger partial charge >= 0.3 is 0 Å². The molecule has 0 aliphatic carbocycles. The van der Waals surface area contributed by atoms with Crippen molar-refractivity contribution in [2.75, 3.05) is 6.79 Å². The summed E-state index contributed by atoms with van der Waals surface area (Å²) in [4.78, 5) is 12.7. The summed E-state index contributed by atoms with van der Waals surface area (Å²) in [5.74, 6) is 0.584. The fourth-order valence-corrected chi connectivity index (χ4v) is 3.12. The molecule has 1 heterocycles. The van der Waals surface area contributed by atoms with Crippen LogP contribution in [0.3, 0.4) is 0 Å². The van der Waals surface area contributed by atoms with E-state index in [0.717, 1.165) is 18.2 Å². The van der Waals surface area contributed by atoms with Gasteiger partial charge in [0.15, 0.2) is 11.5 Å². The highest BCUT2D eigenvalue weighted by Crippen LogP contribution is 2.37. The van der Waals surface area contributed by atoms with Crippen molar-refractivity contribution in [3.8, 4) is 11.5 Å². The van der Waals surface area contributed by atoms with E-state index >= 15 is 0 Å². The first-order chi connectivity index (χ1) is 12.4. The molecule has 1 aliphatic rings. The lowest BCUT2D eigenvalue weighted by Gasteiger charge is -2.04. The van der Waals surface area contributed by atoms with Crippen LogP contribution in [0.1, 0.15) is 18.1 Å². The summed E-state index contributed by atoms with van der Waals surface area (Å²) < 4.78 is 34.7. The van der Waals surface area contributed by atoms with Crippen LogP contribution in [0.15, 0.2) is 46.4 Å². The van der Waals surface area contributed by atoms with E-state index in [1.54, 1.807) is 12.1 Å². The van der Waals surface area contributed by atoms with E-state index in [2.05, 4.69) is 5.10 Å². The third-order valence-corrected chi connectivity index (χ3v) is 4.98. The zero-order valence-corrected chi connectivity index (χ0v) is 14.5. The quantitative estimate of drug-likeness (QED) is 0.468. The van der Waals surface area contributed by atoms with Gasteiger partial charge in [-0.1, -0.05) is 19.1 Å². The highest BCUT2D eigenvalue weighted by atomic mass is 32.2. The lowest BCUT2D eigenvalue weighted by atomic mass is 10.1. The Bertz CT molecular complexity index is 970. The number of hydrogen-bond donors (Lipinski definition) is 1. The minimum atomic E-state index is -3.87. The summed E-state index contributed by atoms with van der Waals surface area (Å²) in [7, 11) is -3.87. The van der Waals surface area contributed by atoms with Crippen molar-refractivity contribution >= 4 is 21.9 Å². The molecule has 0 bridgehead atoms. The number of rotatable bonds is 6.